The van der Waals surface area contributed by atoms with E-state index in [1.807, 2.05) is 25.4 Å². The van der Waals surface area contributed by atoms with E-state index in [1.165, 1.54) is 10.9 Å². The number of rotatable bonds is 3. The maximum Gasteiger partial charge on any atom is 0.120 e. The summed E-state index contributed by atoms with van der Waals surface area (Å²) in [4.78, 5) is 0. The molecule has 0 radical (unpaired) electrons. The smallest absolute Gasteiger partial charge is 0.120 e. The monoisotopic (exact) mass is 190 g/mol. The van der Waals surface area contributed by atoms with Crippen LogP contribution in [0, 0.1) is 0 Å². The lowest BCUT2D eigenvalue weighted by atomic mass is 10.2. The zero-order valence-corrected chi connectivity index (χ0v) is 8.23. The molecule has 0 aliphatic heterocycles. The van der Waals surface area contributed by atoms with Gasteiger partial charge in [-0.2, -0.15) is 0 Å². The number of hydrogen-bond acceptors (Lipinski definition) is 2. The van der Waals surface area contributed by atoms with Crippen LogP contribution < -0.4 is 10.5 Å². The van der Waals surface area contributed by atoms with E-state index in [-0.39, 0.29) is 0 Å². The van der Waals surface area contributed by atoms with Crippen LogP contribution in [0.25, 0.3) is 10.9 Å². The fourth-order valence-electron chi connectivity index (χ4n) is 1.53. The zero-order chi connectivity index (χ0) is 9.97. The Labute approximate surface area is 83.1 Å². The van der Waals surface area contributed by atoms with E-state index in [2.05, 4.69) is 16.7 Å². The maximum absolute atomic E-state index is 5.44. The molecule has 0 aliphatic carbocycles. The molecular formula is C11H14N2O. The first-order valence-electron chi connectivity index (χ1n) is 4.69. The minimum absolute atomic E-state index is 0.548. The first-order chi connectivity index (χ1) is 6.81. The third kappa shape index (κ3) is 1.59. The Hall–Kier alpha value is -1.48. The molecule has 0 saturated carbocycles. The zero-order valence-electron chi connectivity index (χ0n) is 8.23. The van der Waals surface area contributed by atoms with Crippen molar-refractivity contribution in [3.8, 4) is 5.75 Å². The van der Waals surface area contributed by atoms with Gasteiger partial charge in [-0.05, 0) is 24.3 Å². The number of hydrogen-bond donors (Lipinski definition) is 1. The molecule has 2 N–H and O–H groups in total. The van der Waals surface area contributed by atoms with Gasteiger partial charge in [0.1, 0.15) is 12.4 Å². The van der Waals surface area contributed by atoms with Gasteiger partial charge in [0.25, 0.3) is 0 Å². The SMILES string of the molecule is Cn1ccc2cc(OCCN)ccc21. The minimum atomic E-state index is 0.548. The second-order valence-electron chi connectivity index (χ2n) is 3.28. The predicted octanol–water partition coefficient (Wildman–Crippen LogP) is 1.52. The third-order valence-corrected chi connectivity index (χ3v) is 2.24. The lowest BCUT2D eigenvalue weighted by Gasteiger charge is -2.04. The summed E-state index contributed by atoms with van der Waals surface area (Å²) in [6.07, 6.45) is 2.04. The average Bonchev–Trinajstić information content (AvgIpc) is 2.57. The van der Waals surface area contributed by atoms with Gasteiger partial charge in [-0.25, -0.2) is 0 Å². The Kier molecular flexibility index (Phi) is 2.41. The molecule has 1 heterocycles. The van der Waals surface area contributed by atoms with Crippen LogP contribution in [-0.4, -0.2) is 17.7 Å². The van der Waals surface area contributed by atoms with Gasteiger partial charge < -0.3 is 15.0 Å². The number of benzene rings is 1. The van der Waals surface area contributed by atoms with Crippen molar-refractivity contribution in [1.82, 2.24) is 4.57 Å². The highest BCUT2D eigenvalue weighted by molar-refractivity contribution is 5.81. The van der Waals surface area contributed by atoms with Crippen LogP contribution in [0.1, 0.15) is 0 Å². The third-order valence-electron chi connectivity index (χ3n) is 2.24. The van der Waals surface area contributed by atoms with Crippen LogP contribution >= 0.6 is 0 Å². The second-order valence-corrected chi connectivity index (χ2v) is 3.28. The number of fused-ring (bicyclic) bond motifs is 1. The van der Waals surface area contributed by atoms with Gasteiger partial charge in [0.05, 0.1) is 0 Å². The Morgan fingerprint density at radius 2 is 2.21 bits per heavy atom. The summed E-state index contributed by atoms with van der Waals surface area (Å²) in [5, 5.41) is 1.20. The molecular weight excluding hydrogens is 176 g/mol. The number of aryl methyl sites for hydroxylation is 1. The van der Waals surface area contributed by atoms with Crippen LogP contribution in [0.2, 0.25) is 0 Å². The van der Waals surface area contributed by atoms with E-state index in [9.17, 15) is 0 Å². The molecule has 3 nitrogen and oxygen atoms in total. The van der Waals surface area contributed by atoms with E-state index < -0.39 is 0 Å². The molecule has 14 heavy (non-hydrogen) atoms. The molecule has 1 aromatic heterocycles. The standard InChI is InChI=1S/C11H14N2O/c1-13-6-4-9-8-10(14-7-5-12)2-3-11(9)13/h2-4,6,8H,5,7,12H2,1H3. The molecule has 1 aromatic carbocycles. The first kappa shape index (κ1) is 9.09. The maximum atomic E-state index is 5.44. The van der Waals surface area contributed by atoms with E-state index >= 15 is 0 Å². The van der Waals surface area contributed by atoms with E-state index in [4.69, 9.17) is 10.5 Å². The molecule has 2 aromatic rings. The minimum Gasteiger partial charge on any atom is -0.492 e. The van der Waals surface area contributed by atoms with Crippen molar-refractivity contribution in [1.29, 1.82) is 0 Å². The van der Waals surface area contributed by atoms with E-state index in [0.29, 0.717) is 13.2 Å². The number of nitrogens with two attached hydrogens (primary N) is 1. The second kappa shape index (κ2) is 3.72. The molecule has 0 amide bonds. The highest BCUT2D eigenvalue weighted by Gasteiger charge is 1.99. The number of ether oxygens (including phenoxy) is 1. The molecule has 3 heteroatoms. The molecule has 0 spiro atoms. The summed E-state index contributed by atoms with van der Waals surface area (Å²) in [5.41, 5.74) is 6.58. The van der Waals surface area contributed by atoms with Gasteiger partial charge in [-0.3, -0.25) is 0 Å². The van der Waals surface area contributed by atoms with E-state index in [0.717, 1.165) is 5.75 Å². The lowest BCUT2D eigenvalue weighted by molar-refractivity contribution is 0.329. The van der Waals surface area contributed by atoms with Crippen molar-refractivity contribution in [2.75, 3.05) is 13.2 Å². The molecule has 74 valence electrons. The summed E-state index contributed by atoms with van der Waals surface area (Å²) in [6, 6.07) is 8.13. The van der Waals surface area contributed by atoms with Gasteiger partial charge in [0.15, 0.2) is 0 Å². The molecule has 0 atom stereocenters. The predicted molar refractivity (Wildman–Crippen MR) is 57.5 cm³/mol. The Morgan fingerprint density at radius 1 is 1.36 bits per heavy atom. The highest BCUT2D eigenvalue weighted by Crippen LogP contribution is 2.20. The van der Waals surface area contributed by atoms with Crippen molar-refractivity contribution in [3.63, 3.8) is 0 Å². The van der Waals surface area contributed by atoms with Gasteiger partial charge in [0.2, 0.25) is 0 Å². The van der Waals surface area contributed by atoms with Crippen LogP contribution in [0.5, 0.6) is 5.75 Å². The van der Waals surface area contributed by atoms with Crippen molar-refractivity contribution in [2.45, 2.75) is 0 Å². The molecule has 0 saturated heterocycles. The molecule has 2 rings (SSSR count). The first-order valence-corrected chi connectivity index (χ1v) is 4.69. The fourth-order valence-corrected chi connectivity index (χ4v) is 1.53. The van der Waals surface area contributed by atoms with Crippen molar-refractivity contribution < 1.29 is 4.74 Å². The largest absolute Gasteiger partial charge is 0.492 e. The van der Waals surface area contributed by atoms with Gasteiger partial charge in [-0.1, -0.05) is 0 Å². The van der Waals surface area contributed by atoms with Gasteiger partial charge >= 0.3 is 0 Å². The Balaban J connectivity index is 2.32. The van der Waals surface area contributed by atoms with Crippen LogP contribution in [0.3, 0.4) is 0 Å². The Morgan fingerprint density at radius 3 is 3.00 bits per heavy atom. The lowest BCUT2D eigenvalue weighted by Crippen LogP contribution is -2.10. The summed E-state index contributed by atoms with van der Waals surface area (Å²) >= 11 is 0. The van der Waals surface area contributed by atoms with Crippen LogP contribution in [-0.2, 0) is 7.05 Å². The Bertz CT molecular complexity index is 434. The van der Waals surface area contributed by atoms with E-state index in [1.54, 1.807) is 0 Å². The van der Waals surface area contributed by atoms with Crippen LogP contribution in [0.4, 0.5) is 0 Å². The van der Waals surface area contributed by atoms with Gasteiger partial charge in [0, 0.05) is 30.7 Å². The van der Waals surface area contributed by atoms with Crippen molar-refractivity contribution >= 4 is 10.9 Å². The van der Waals surface area contributed by atoms with Crippen molar-refractivity contribution in [3.05, 3.63) is 30.5 Å². The highest BCUT2D eigenvalue weighted by atomic mass is 16.5. The normalized spacial score (nSPS) is 10.7. The fraction of sp³-hybridized carbons (Fsp3) is 0.273. The topological polar surface area (TPSA) is 40.2 Å². The molecule has 0 aliphatic rings. The number of nitrogens with zero attached hydrogens (tertiary/aromatic N) is 1. The summed E-state index contributed by atoms with van der Waals surface area (Å²) in [5.74, 6) is 0.883. The summed E-state index contributed by atoms with van der Waals surface area (Å²) in [7, 11) is 2.03. The number of aromatic nitrogens is 1. The quantitative estimate of drug-likeness (QED) is 0.797. The molecule has 0 unspecified atom stereocenters. The molecule has 0 fully saturated rings. The summed E-state index contributed by atoms with van der Waals surface area (Å²) in [6.45, 7) is 1.12. The average molecular weight is 190 g/mol. The van der Waals surface area contributed by atoms with Gasteiger partial charge in [-0.15, -0.1) is 0 Å². The molecule has 0 bridgehead atoms. The van der Waals surface area contributed by atoms with Crippen LogP contribution in [0.15, 0.2) is 30.5 Å². The summed E-state index contributed by atoms with van der Waals surface area (Å²) < 4.78 is 7.52. The van der Waals surface area contributed by atoms with Crippen molar-refractivity contribution in [2.24, 2.45) is 12.8 Å².